The molecule has 1 fully saturated rings. The minimum atomic E-state index is -1.00. The third-order valence-electron chi connectivity index (χ3n) is 7.75. The first-order valence-electron chi connectivity index (χ1n) is 13.4. The van der Waals surface area contributed by atoms with Crippen molar-refractivity contribution < 1.29 is 14.3 Å². The average molecular weight is 488 g/mol. The van der Waals surface area contributed by atoms with Crippen LogP contribution in [0.2, 0.25) is 0 Å². The summed E-state index contributed by atoms with van der Waals surface area (Å²) in [6.45, 7) is 5.47. The van der Waals surface area contributed by atoms with Crippen molar-refractivity contribution in [1.29, 1.82) is 0 Å². The van der Waals surface area contributed by atoms with Crippen LogP contribution >= 0.6 is 0 Å². The van der Waals surface area contributed by atoms with Gasteiger partial charge in [0.2, 0.25) is 5.91 Å². The average Bonchev–Trinajstić information content (AvgIpc) is 3.06. The molecule has 0 bridgehead atoms. The zero-order valence-electron chi connectivity index (χ0n) is 21.5. The molecule has 3 aromatic rings. The Morgan fingerprint density at radius 2 is 1.78 bits per heavy atom. The number of nitrogens with one attached hydrogen (secondary N) is 1. The number of ether oxygens (including phenoxy) is 1. The van der Waals surface area contributed by atoms with Crippen LogP contribution in [0, 0.1) is 0 Å². The highest BCUT2D eigenvalue weighted by molar-refractivity contribution is 6.03. The molecule has 0 radical (unpaired) electrons. The zero-order chi connectivity index (χ0) is 25.1. The van der Waals surface area contributed by atoms with Gasteiger partial charge in [0.15, 0.2) is 0 Å². The maximum atomic E-state index is 14.0. The Hall–Kier alpha value is -3.28. The van der Waals surface area contributed by atoms with Gasteiger partial charge < -0.3 is 19.5 Å². The van der Waals surface area contributed by atoms with Crippen molar-refractivity contribution in [3.63, 3.8) is 0 Å². The number of carbonyl (C=O) groups excluding carboxylic acids is 2. The zero-order valence-corrected chi connectivity index (χ0v) is 21.5. The van der Waals surface area contributed by atoms with E-state index in [9.17, 15) is 9.59 Å². The summed E-state index contributed by atoms with van der Waals surface area (Å²) in [6, 6.07) is 18.0. The Morgan fingerprint density at radius 1 is 1.06 bits per heavy atom. The van der Waals surface area contributed by atoms with Crippen molar-refractivity contribution in [1.82, 2.24) is 14.8 Å². The summed E-state index contributed by atoms with van der Waals surface area (Å²) < 4.78 is 7.76. The van der Waals surface area contributed by atoms with Crippen molar-refractivity contribution in [2.45, 2.75) is 83.5 Å². The molecule has 2 aromatic carbocycles. The molecule has 5 rings (SSSR count). The fourth-order valence-electron chi connectivity index (χ4n) is 5.61. The number of hydrogen-bond donors (Lipinski definition) is 1. The number of carbonyl (C=O) groups is 2. The van der Waals surface area contributed by atoms with Gasteiger partial charge in [-0.25, -0.2) is 0 Å². The Morgan fingerprint density at radius 3 is 2.50 bits per heavy atom. The Labute approximate surface area is 213 Å². The van der Waals surface area contributed by atoms with E-state index >= 15 is 0 Å². The highest BCUT2D eigenvalue weighted by Gasteiger charge is 2.48. The van der Waals surface area contributed by atoms with Crippen molar-refractivity contribution in [3.05, 3.63) is 65.9 Å². The fraction of sp³-hybridized carbons (Fsp3) is 0.467. The molecular formula is C30H37N3O3. The van der Waals surface area contributed by atoms with E-state index in [4.69, 9.17) is 4.74 Å². The van der Waals surface area contributed by atoms with Gasteiger partial charge >= 0.3 is 0 Å². The number of fused-ring (bicyclic) bond motifs is 3. The van der Waals surface area contributed by atoms with Gasteiger partial charge in [0.05, 0.1) is 13.2 Å². The molecule has 190 valence electrons. The van der Waals surface area contributed by atoms with E-state index in [-0.39, 0.29) is 17.9 Å². The standard InChI is InChI=1S/C30H37N3O3/c1-3-18-36-25-16-14-22(15-17-25)20-33-28(34)27-19-23-10-8-9-13-26(23)32(27)21-30(33,2)29(35)31-24-11-6-4-5-7-12-24/h8-10,13-17,19,24H,3-7,11-12,18,20-21H2,1-2H3,(H,31,35). The molecule has 2 aliphatic rings. The molecule has 2 amide bonds. The molecule has 0 saturated heterocycles. The molecular weight excluding hydrogens is 450 g/mol. The number of rotatable bonds is 7. The van der Waals surface area contributed by atoms with Gasteiger partial charge in [-0.2, -0.15) is 0 Å². The van der Waals surface area contributed by atoms with Crippen molar-refractivity contribution in [2.24, 2.45) is 0 Å². The molecule has 1 aromatic heterocycles. The van der Waals surface area contributed by atoms with Crippen LogP contribution in [-0.2, 0) is 17.9 Å². The summed E-state index contributed by atoms with van der Waals surface area (Å²) in [6.07, 6.45) is 7.70. The molecule has 1 aliphatic carbocycles. The van der Waals surface area contributed by atoms with E-state index in [0.717, 1.165) is 54.3 Å². The topological polar surface area (TPSA) is 63.6 Å². The summed E-state index contributed by atoms with van der Waals surface area (Å²) >= 11 is 0. The molecule has 1 unspecified atom stereocenters. The molecule has 36 heavy (non-hydrogen) atoms. The highest BCUT2D eigenvalue weighted by Crippen LogP contribution is 2.34. The predicted molar refractivity (Wildman–Crippen MR) is 142 cm³/mol. The van der Waals surface area contributed by atoms with Gasteiger partial charge in [0.1, 0.15) is 17.0 Å². The lowest BCUT2D eigenvalue weighted by Crippen LogP contribution is -2.64. The summed E-state index contributed by atoms with van der Waals surface area (Å²) in [4.78, 5) is 29.7. The minimum Gasteiger partial charge on any atom is -0.494 e. The molecule has 1 aliphatic heterocycles. The van der Waals surface area contributed by atoms with Crippen LogP contribution in [0.4, 0.5) is 0 Å². The summed E-state index contributed by atoms with van der Waals surface area (Å²) in [5.41, 5.74) is 1.60. The minimum absolute atomic E-state index is 0.0610. The van der Waals surface area contributed by atoms with Gasteiger partial charge in [0.25, 0.3) is 5.91 Å². The van der Waals surface area contributed by atoms with Crippen LogP contribution in [-0.4, -0.2) is 39.5 Å². The van der Waals surface area contributed by atoms with E-state index in [1.807, 2.05) is 66.1 Å². The van der Waals surface area contributed by atoms with Gasteiger partial charge in [-0.15, -0.1) is 0 Å². The third-order valence-corrected chi connectivity index (χ3v) is 7.75. The Balaban J connectivity index is 1.47. The van der Waals surface area contributed by atoms with E-state index in [1.165, 1.54) is 12.8 Å². The number of nitrogens with zero attached hydrogens (tertiary/aromatic N) is 2. The molecule has 2 heterocycles. The van der Waals surface area contributed by atoms with Crippen LogP contribution in [0.3, 0.4) is 0 Å². The lowest BCUT2D eigenvalue weighted by atomic mass is 9.93. The van der Waals surface area contributed by atoms with Crippen molar-refractivity contribution >= 4 is 22.7 Å². The van der Waals surface area contributed by atoms with E-state index < -0.39 is 5.54 Å². The number of benzene rings is 2. The first-order chi connectivity index (χ1) is 17.5. The molecule has 1 atom stereocenters. The number of hydrogen-bond acceptors (Lipinski definition) is 3. The van der Waals surface area contributed by atoms with Crippen LogP contribution in [0.1, 0.15) is 74.8 Å². The summed E-state index contributed by atoms with van der Waals surface area (Å²) in [5, 5.41) is 4.36. The number of amides is 2. The van der Waals surface area contributed by atoms with Gasteiger partial charge in [-0.1, -0.05) is 62.9 Å². The van der Waals surface area contributed by atoms with Gasteiger partial charge in [-0.05, 0) is 56.0 Å². The van der Waals surface area contributed by atoms with Crippen LogP contribution < -0.4 is 10.1 Å². The van der Waals surface area contributed by atoms with Gasteiger partial charge in [0, 0.05) is 23.5 Å². The second kappa shape index (κ2) is 10.4. The molecule has 1 N–H and O–H groups in total. The molecule has 1 saturated carbocycles. The summed E-state index contributed by atoms with van der Waals surface area (Å²) in [5.74, 6) is 0.649. The number of para-hydroxylation sites is 1. The molecule has 0 spiro atoms. The summed E-state index contributed by atoms with van der Waals surface area (Å²) in [7, 11) is 0. The second-order valence-corrected chi connectivity index (χ2v) is 10.5. The quantitative estimate of drug-likeness (QED) is 0.436. The van der Waals surface area contributed by atoms with Gasteiger partial charge in [-0.3, -0.25) is 9.59 Å². The lowest BCUT2D eigenvalue weighted by Gasteiger charge is -2.44. The van der Waals surface area contributed by atoms with E-state index in [2.05, 4.69) is 12.2 Å². The smallest absolute Gasteiger partial charge is 0.271 e. The first-order valence-corrected chi connectivity index (χ1v) is 13.4. The van der Waals surface area contributed by atoms with Crippen LogP contribution in [0.15, 0.2) is 54.6 Å². The fourth-order valence-corrected chi connectivity index (χ4v) is 5.61. The van der Waals surface area contributed by atoms with Crippen LogP contribution in [0.5, 0.6) is 5.75 Å². The highest BCUT2D eigenvalue weighted by atomic mass is 16.5. The van der Waals surface area contributed by atoms with E-state index in [1.54, 1.807) is 4.90 Å². The molecule has 6 nitrogen and oxygen atoms in total. The van der Waals surface area contributed by atoms with Crippen molar-refractivity contribution in [2.75, 3.05) is 6.61 Å². The third kappa shape index (κ3) is 4.73. The van der Waals surface area contributed by atoms with Crippen molar-refractivity contribution in [3.8, 4) is 5.75 Å². The SMILES string of the molecule is CCCOc1ccc(CN2C(=O)c3cc4ccccc4n3CC2(C)C(=O)NC2CCCCCC2)cc1. The normalized spacial score (nSPS) is 20.7. The number of aromatic nitrogens is 1. The second-order valence-electron chi connectivity index (χ2n) is 10.5. The maximum absolute atomic E-state index is 14.0. The predicted octanol–water partition coefficient (Wildman–Crippen LogP) is 5.68. The monoisotopic (exact) mass is 487 g/mol. The largest absolute Gasteiger partial charge is 0.494 e. The Kier molecular flexibility index (Phi) is 7.04. The first kappa shape index (κ1) is 24.4. The lowest BCUT2D eigenvalue weighted by molar-refractivity contribution is -0.134. The van der Waals surface area contributed by atoms with E-state index in [0.29, 0.717) is 25.4 Å². The Bertz CT molecular complexity index is 1220. The van der Waals surface area contributed by atoms with Crippen LogP contribution in [0.25, 0.3) is 10.9 Å². The maximum Gasteiger partial charge on any atom is 0.271 e. The molecule has 6 heteroatoms.